The number of hydrogen-bond donors (Lipinski definition) is 1. The number of methoxy groups -OCH3 is 1. The molecule has 1 atom stereocenters. The Morgan fingerprint density at radius 1 is 1.09 bits per heavy atom. The van der Waals surface area contributed by atoms with Crippen LogP contribution < -0.4 is 10.1 Å². The Morgan fingerprint density at radius 3 is 2.27 bits per heavy atom. The van der Waals surface area contributed by atoms with Gasteiger partial charge in [0.25, 0.3) is 5.91 Å². The highest BCUT2D eigenvalue weighted by molar-refractivity contribution is 9.10. The van der Waals surface area contributed by atoms with Crippen LogP contribution in [0, 0.1) is 5.92 Å². The van der Waals surface area contributed by atoms with Gasteiger partial charge in [0.05, 0.1) is 18.7 Å². The van der Waals surface area contributed by atoms with Gasteiger partial charge in [-0.1, -0.05) is 38.1 Å². The molecule has 116 valence electrons. The zero-order valence-electron chi connectivity index (χ0n) is 13.0. The summed E-state index contributed by atoms with van der Waals surface area (Å²) in [5, 5.41) is 3.12. The maximum Gasteiger partial charge on any atom is 0.252 e. The molecule has 0 fully saturated rings. The molecule has 0 aliphatic carbocycles. The molecule has 1 amide bonds. The molecule has 0 spiro atoms. The van der Waals surface area contributed by atoms with Crippen LogP contribution in [0.5, 0.6) is 5.75 Å². The van der Waals surface area contributed by atoms with Crippen LogP contribution in [0.3, 0.4) is 0 Å². The third-order valence-electron chi connectivity index (χ3n) is 3.55. The molecule has 22 heavy (non-hydrogen) atoms. The summed E-state index contributed by atoms with van der Waals surface area (Å²) in [7, 11) is 1.64. The first-order chi connectivity index (χ1) is 10.5. The molecular formula is C18H20BrNO2. The van der Waals surface area contributed by atoms with E-state index >= 15 is 0 Å². The maximum absolute atomic E-state index is 12.5. The average Bonchev–Trinajstić information content (AvgIpc) is 2.52. The molecule has 3 nitrogen and oxygen atoms in total. The first-order valence-corrected chi connectivity index (χ1v) is 8.01. The van der Waals surface area contributed by atoms with E-state index in [0.717, 1.165) is 15.8 Å². The first kappa shape index (κ1) is 16.6. The van der Waals surface area contributed by atoms with Crippen molar-refractivity contribution in [2.24, 2.45) is 5.92 Å². The van der Waals surface area contributed by atoms with Crippen molar-refractivity contribution < 1.29 is 9.53 Å². The summed E-state index contributed by atoms with van der Waals surface area (Å²) in [4.78, 5) is 12.5. The van der Waals surface area contributed by atoms with Crippen molar-refractivity contribution in [3.8, 4) is 5.75 Å². The molecule has 0 bridgehead atoms. The summed E-state index contributed by atoms with van der Waals surface area (Å²) in [6.07, 6.45) is 0. The van der Waals surface area contributed by atoms with Gasteiger partial charge in [0, 0.05) is 4.47 Å². The van der Waals surface area contributed by atoms with Gasteiger partial charge in [-0.15, -0.1) is 0 Å². The molecule has 0 aliphatic heterocycles. The van der Waals surface area contributed by atoms with E-state index in [9.17, 15) is 4.79 Å². The molecule has 2 aromatic carbocycles. The Bertz CT molecular complexity index is 638. The number of carbonyl (C=O) groups is 1. The predicted molar refractivity (Wildman–Crippen MR) is 92.2 cm³/mol. The molecule has 4 heteroatoms. The lowest BCUT2D eigenvalue weighted by molar-refractivity contribution is 0.0925. The fourth-order valence-electron chi connectivity index (χ4n) is 2.31. The maximum atomic E-state index is 12.5. The van der Waals surface area contributed by atoms with Crippen LogP contribution in [-0.4, -0.2) is 13.0 Å². The Hall–Kier alpha value is -1.81. The molecule has 0 saturated heterocycles. The lowest BCUT2D eigenvalue weighted by Crippen LogP contribution is -2.31. The highest BCUT2D eigenvalue weighted by atomic mass is 79.9. The second kappa shape index (κ2) is 7.45. The quantitative estimate of drug-likeness (QED) is 0.845. The predicted octanol–water partition coefficient (Wildman–Crippen LogP) is 4.58. The van der Waals surface area contributed by atoms with Gasteiger partial charge in [-0.05, 0) is 51.7 Å². The minimum atomic E-state index is -0.0815. The fraction of sp³-hybridized carbons (Fsp3) is 0.278. The van der Waals surface area contributed by atoms with E-state index in [-0.39, 0.29) is 17.9 Å². The lowest BCUT2D eigenvalue weighted by atomic mass is 9.95. The Balaban J connectivity index is 2.21. The zero-order valence-corrected chi connectivity index (χ0v) is 14.6. The van der Waals surface area contributed by atoms with Gasteiger partial charge < -0.3 is 10.1 Å². The van der Waals surface area contributed by atoms with Gasteiger partial charge in [0.1, 0.15) is 5.75 Å². The van der Waals surface area contributed by atoms with Crippen molar-refractivity contribution in [2.75, 3.05) is 7.11 Å². The SMILES string of the molecule is COc1ccc([C@H](NC(=O)c2ccccc2Br)C(C)C)cc1. The summed E-state index contributed by atoms with van der Waals surface area (Å²) < 4.78 is 5.98. The van der Waals surface area contributed by atoms with Gasteiger partial charge in [-0.3, -0.25) is 4.79 Å². The number of benzene rings is 2. The average molecular weight is 362 g/mol. The van der Waals surface area contributed by atoms with Crippen LogP contribution in [0.2, 0.25) is 0 Å². The van der Waals surface area contributed by atoms with Gasteiger partial charge in [-0.25, -0.2) is 0 Å². The molecule has 0 radical (unpaired) electrons. The van der Waals surface area contributed by atoms with Crippen molar-refractivity contribution >= 4 is 21.8 Å². The fourth-order valence-corrected chi connectivity index (χ4v) is 2.78. The summed E-state index contributed by atoms with van der Waals surface area (Å²) >= 11 is 3.42. The Labute approximate surface area is 139 Å². The molecule has 0 unspecified atom stereocenters. The van der Waals surface area contributed by atoms with Crippen molar-refractivity contribution in [1.29, 1.82) is 0 Å². The molecule has 2 aromatic rings. The van der Waals surface area contributed by atoms with Crippen molar-refractivity contribution in [3.63, 3.8) is 0 Å². The van der Waals surface area contributed by atoms with Crippen LogP contribution in [-0.2, 0) is 0 Å². The minimum absolute atomic E-state index is 0.0505. The molecular weight excluding hydrogens is 342 g/mol. The first-order valence-electron chi connectivity index (χ1n) is 7.22. The third kappa shape index (κ3) is 3.89. The lowest BCUT2D eigenvalue weighted by Gasteiger charge is -2.23. The summed E-state index contributed by atoms with van der Waals surface area (Å²) in [5.41, 5.74) is 1.71. The number of rotatable bonds is 5. The smallest absolute Gasteiger partial charge is 0.252 e. The third-order valence-corrected chi connectivity index (χ3v) is 4.24. The normalized spacial score (nSPS) is 12.0. The van der Waals surface area contributed by atoms with E-state index in [1.807, 2.05) is 48.5 Å². The van der Waals surface area contributed by atoms with Crippen molar-refractivity contribution in [2.45, 2.75) is 19.9 Å². The molecule has 0 aliphatic rings. The van der Waals surface area contributed by atoms with Crippen LogP contribution in [0.15, 0.2) is 53.0 Å². The number of amides is 1. The second-order valence-corrected chi connectivity index (χ2v) is 6.30. The van der Waals surface area contributed by atoms with E-state index < -0.39 is 0 Å². The van der Waals surface area contributed by atoms with Gasteiger partial charge in [-0.2, -0.15) is 0 Å². The van der Waals surface area contributed by atoms with Gasteiger partial charge in [0.15, 0.2) is 0 Å². The molecule has 0 heterocycles. The number of carbonyl (C=O) groups excluding carboxylic acids is 1. The van der Waals surface area contributed by atoms with E-state index in [0.29, 0.717) is 5.56 Å². The molecule has 0 saturated carbocycles. The number of ether oxygens (including phenoxy) is 1. The summed E-state index contributed by atoms with van der Waals surface area (Å²) in [6.45, 7) is 4.18. The zero-order chi connectivity index (χ0) is 16.1. The Morgan fingerprint density at radius 2 is 1.73 bits per heavy atom. The Kier molecular flexibility index (Phi) is 5.61. The molecule has 0 aromatic heterocycles. The highest BCUT2D eigenvalue weighted by Crippen LogP contribution is 2.25. The standard InChI is InChI=1S/C18H20BrNO2/c1-12(2)17(13-8-10-14(22-3)11-9-13)20-18(21)15-6-4-5-7-16(15)19/h4-12,17H,1-3H3,(H,20,21)/t17-/m1/s1. The van der Waals surface area contributed by atoms with Crippen molar-refractivity contribution in [3.05, 3.63) is 64.1 Å². The van der Waals surface area contributed by atoms with Crippen LogP contribution in [0.1, 0.15) is 35.8 Å². The van der Waals surface area contributed by atoms with E-state index in [1.54, 1.807) is 7.11 Å². The number of halogens is 1. The van der Waals surface area contributed by atoms with Crippen LogP contribution in [0.4, 0.5) is 0 Å². The minimum Gasteiger partial charge on any atom is -0.497 e. The van der Waals surface area contributed by atoms with E-state index in [1.165, 1.54) is 0 Å². The second-order valence-electron chi connectivity index (χ2n) is 5.45. The molecule has 2 rings (SSSR count). The summed E-state index contributed by atoms with van der Waals surface area (Å²) in [5.74, 6) is 1.00. The van der Waals surface area contributed by atoms with Gasteiger partial charge >= 0.3 is 0 Å². The van der Waals surface area contributed by atoms with Gasteiger partial charge in [0.2, 0.25) is 0 Å². The topological polar surface area (TPSA) is 38.3 Å². The highest BCUT2D eigenvalue weighted by Gasteiger charge is 2.20. The van der Waals surface area contributed by atoms with Crippen LogP contribution in [0.25, 0.3) is 0 Å². The largest absolute Gasteiger partial charge is 0.497 e. The monoisotopic (exact) mass is 361 g/mol. The number of hydrogen-bond acceptors (Lipinski definition) is 2. The molecule has 1 N–H and O–H groups in total. The summed E-state index contributed by atoms with van der Waals surface area (Å²) in [6, 6.07) is 15.2. The van der Waals surface area contributed by atoms with Crippen molar-refractivity contribution in [1.82, 2.24) is 5.32 Å². The number of nitrogens with one attached hydrogen (secondary N) is 1. The van der Waals surface area contributed by atoms with Crippen LogP contribution >= 0.6 is 15.9 Å². The van der Waals surface area contributed by atoms with E-state index in [2.05, 4.69) is 35.1 Å². The van der Waals surface area contributed by atoms with E-state index in [4.69, 9.17) is 4.74 Å².